The van der Waals surface area contributed by atoms with Crippen molar-refractivity contribution in [3.8, 4) is 5.75 Å². The van der Waals surface area contributed by atoms with Crippen LogP contribution in [0.1, 0.15) is 20.7 Å². The minimum atomic E-state index is -0.516. The minimum Gasteiger partial charge on any atom is -0.490 e. The Morgan fingerprint density at radius 2 is 1.82 bits per heavy atom. The normalized spacial score (nSPS) is 10.1. The van der Waals surface area contributed by atoms with Crippen molar-refractivity contribution in [3.63, 3.8) is 0 Å². The van der Waals surface area contributed by atoms with Crippen LogP contribution in [0.15, 0.2) is 46.9 Å². The summed E-state index contributed by atoms with van der Waals surface area (Å²) in [5.41, 5.74) is 1.02. The molecule has 2 N–H and O–H groups in total. The minimum absolute atomic E-state index is 0.0316. The van der Waals surface area contributed by atoms with E-state index in [0.29, 0.717) is 40.3 Å². The Labute approximate surface area is 176 Å². The fourth-order valence-corrected chi connectivity index (χ4v) is 2.81. The molecule has 0 aliphatic rings. The smallest absolute Gasteiger partial charge is 0.339 e. The second-order valence-corrected chi connectivity index (χ2v) is 6.75. The van der Waals surface area contributed by atoms with Gasteiger partial charge < -0.3 is 19.5 Å². The summed E-state index contributed by atoms with van der Waals surface area (Å²) >= 11 is 8.55. The lowest BCUT2D eigenvalue weighted by molar-refractivity contribution is 0.0602. The molecule has 0 unspecified atom stereocenters. The van der Waals surface area contributed by atoms with Crippen LogP contribution >= 0.6 is 28.1 Å². The molecule has 0 saturated carbocycles. The molecule has 0 heterocycles. The van der Waals surface area contributed by atoms with Crippen molar-refractivity contribution < 1.29 is 23.8 Å². The molecule has 0 aliphatic carbocycles. The van der Waals surface area contributed by atoms with E-state index < -0.39 is 11.9 Å². The number of anilines is 1. The number of rotatable bonds is 7. The summed E-state index contributed by atoms with van der Waals surface area (Å²) in [6.45, 7) is 0.690. The highest BCUT2D eigenvalue weighted by molar-refractivity contribution is 9.10. The van der Waals surface area contributed by atoms with E-state index in [1.54, 1.807) is 49.6 Å². The predicted molar refractivity (Wildman–Crippen MR) is 113 cm³/mol. The van der Waals surface area contributed by atoms with Crippen LogP contribution in [0.4, 0.5) is 5.69 Å². The Kier molecular flexibility index (Phi) is 8.37. The van der Waals surface area contributed by atoms with Crippen LogP contribution in [-0.4, -0.2) is 44.4 Å². The van der Waals surface area contributed by atoms with Gasteiger partial charge in [0.25, 0.3) is 5.91 Å². The van der Waals surface area contributed by atoms with Crippen LogP contribution in [0.25, 0.3) is 0 Å². The van der Waals surface area contributed by atoms with E-state index in [2.05, 4.69) is 26.6 Å². The number of amides is 1. The predicted octanol–water partition coefficient (Wildman–Crippen LogP) is 3.39. The number of benzene rings is 2. The van der Waals surface area contributed by atoms with Crippen molar-refractivity contribution in [2.45, 2.75) is 0 Å². The van der Waals surface area contributed by atoms with Crippen molar-refractivity contribution in [2.75, 3.05) is 32.8 Å². The topological polar surface area (TPSA) is 85.9 Å². The van der Waals surface area contributed by atoms with Crippen LogP contribution in [0.2, 0.25) is 0 Å². The molecule has 0 atom stereocenters. The molecular weight excluding hydrogens is 448 g/mol. The van der Waals surface area contributed by atoms with Crippen molar-refractivity contribution in [1.29, 1.82) is 0 Å². The third-order valence-corrected chi connectivity index (χ3v) is 4.24. The van der Waals surface area contributed by atoms with Crippen LogP contribution in [-0.2, 0) is 9.47 Å². The molecule has 0 aliphatic heterocycles. The Hall–Kier alpha value is -2.49. The molecule has 1 amide bonds. The molecule has 28 heavy (non-hydrogen) atoms. The molecule has 2 rings (SSSR count). The van der Waals surface area contributed by atoms with E-state index in [4.69, 9.17) is 26.4 Å². The van der Waals surface area contributed by atoms with Crippen LogP contribution in [0.5, 0.6) is 5.75 Å². The fraction of sp³-hybridized carbons (Fsp3) is 0.211. The van der Waals surface area contributed by atoms with Crippen LogP contribution in [0, 0.1) is 0 Å². The summed E-state index contributed by atoms with van der Waals surface area (Å²) in [6.07, 6.45) is 0. The number of nitrogens with one attached hydrogen (secondary N) is 2. The van der Waals surface area contributed by atoms with Crippen LogP contribution in [0.3, 0.4) is 0 Å². The van der Waals surface area contributed by atoms with Gasteiger partial charge in [-0.15, -0.1) is 0 Å². The molecule has 0 radical (unpaired) electrons. The number of hydrogen-bond donors (Lipinski definition) is 2. The Bertz CT molecular complexity index is 875. The van der Waals surface area contributed by atoms with E-state index in [0.717, 1.165) is 0 Å². The average Bonchev–Trinajstić information content (AvgIpc) is 2.68. The summed E-state index contributed by atoms with van der Waals surface area (Å²) < 4.78 is 16.0. The maximum absolute atomic E-state index is 12.7. The van der Waals surface area contributed by atoms with Gasteiger partial charge in [-0.3, -0.25) is 10.1 Å². The first-order chi connectivity index (χ1) is 13.5. The fourth-order valence-electron chi connectivity index (χ4n) is 2.24. The third kappa shape index (κ3) is 6.01. The molecule has 0 saturated heterocycles. The number of hydrogen-bond acceptors (Lipinski definition) is 6. The second kappa shape index (κ2) is 10.7. The van der Waals surface area contributed by atoms with E-state index >= 15 is 0 Å². The molecule has 0 spiro atoms. The zero-order chi connectivity index (χ0) is 20.5. The first-order valence-corrected chi connectivity index (χ1v) is 9.37. The van der Waals surface area contributed by atoms with Gasteiger partial charge in [-0.1, -0.05) is 28.1 Å². The van der Waals surface area contributed by atoms with Gasteiger partial charge in [0.2, 0.25) is 0 Å². The van der Waals surface area contributed by atoms with Gasteiger partial charge in [-0.2, -0.15) is 0 Å². The molecule has 0 fully saturated rings. The number of methoxy groups -OCH3 is 2. The molecule has 7 nitrogen and oxygen atoms in total. The molecule has 0 bridgehead atoms. The number of halogens is 1. The Morgan fingerprint density at radius 1 is 1.07 bits per heavy atom. The lowest BCUT2D eigenvalue weighted by atomic mass is 10.2. The van der Waals surface area contributed by atoms with Crippen molar-refractivity contribution in [1.82, 2.24) is 5.32 Å². The summed E-state index contributed by atoms with van der Waals surface area (Å²) in [4.78, 5) is 24.5. The first kappa shape index (κ1) is 21.8. The SMILES string of the molecule is COCCOc1ccc(Br)cc1C(=O)NC(=S)Nc1ccccc1C(=O)OC. The number of thiocarbonyl (C=S) groups is 1. The standard InChI is InChI=1S/C19H19BrN2O5S/c1-25-9-10-27-16-8-7-12(20)11-14(16)17(23)22-19(28)21-15-6-4-3-5-13(15)18(24)26-2/h3-8,11H,9-10H2,1-2H3,(H2,21,22,23,28). The number of para-hydroxylation sites is 1. The van der Waals surface area contributed by atoms with Gasteiger partial charge in [0.05, 0.1) is 30.5 Å². The monoisotopic (exact) mass is 466 g/mol. The average molecular weight is 467 g/mol. The summed E-state index contributed by atoms with van der Waals surface area (Å²) in [7, 11) is 2.85. The van der Waals surface area contributed by atoms with Gasteiger partial charge >= 0.3 is 5.97 Å². The first-order valence-electron chi connectivity index (χ1n) is 8.17. The van der Waals surface area contributed by atoms with E-state index in [9.17, 15) is 9.59 Å². The lowest BCUT2D eigenvalue weighted by Crippen LogP contribution is -2.34. The third-order valence-electron chi connectivity index (χ3n) is 3.54. The summed E-state index contributed by atoms with van der Waals surface area (Å²) in [5, 5.41) is 5.45. The number of carbonyl (C=O) groups excluding carboxylic acids is 2. The van der Waals surface area contributed by atoms with Crippen LogP contribution < -0.4 is 15.4 Å². The molecule has 148 valence electrons. The number of carbonyl (C=O) groups is 2. The molecular formula is C19H19BrN2O5S. The van der Waals surface area contributed by atoms with Crippen molar-refractivity contribution in [2.24, 2.45) is 0 Å². The highest BCUT2D eigenvalue weighted by Crippen LogP contribution is 2.23. The van der Waals surface area contributed by atoms with Gasteiger partial charge in [-0.05, 0) is 42.5 Å². The molecule has 2 aromatic carbocycles. The van der Waals surface area contributed by atoms with Gasteiger partial charge in [0.15, 0.2) is 5.11 Å². The van der Waals surface area contributed by atoms with E-state index in [1.807, 2.05) is 0 Å². The largest absolute Gasteiger partial charge is 0.490 e. The number of esters is 1. The molecule has 0 aromatic heterocycles. The van der Waals surface area contributed by atoms with Gasteiger partial charge in [-0.25, -0.2) is 4.79 Å². The van der Waals surface area contributed by atoms with Crippen molar-refractivity contribution in [3.05, 3.63) is 58.1 Å². The van der Waals surface area contributed by atoms with Gasteiger partial charge in [0, 0.05) is 11.6 Å². The summed E-state index contributed by atoms with van der Waals surface area (Å²) in [5.74, 6) is -0.574. The maximum Gasteiger partial charge on any atom is 0.339 e. The maximum atomic E-state index is 12.7. The zero-order valence-electron chi connectivity index (χ0n) is 15.3. The quantitative estimate of drug-likeness (QED) is 0.367. The van der Waals surface area contributed by atoms with Gasteiger partial charge in [0.1, 0.15) is 12.4 Å². The van der Waals surface area contributed by atoms with Crippen molar-refractivity contribution >= 4 is 50.8 Å². The molecule has 2 aromatic rings. The molecule has 9 heteroatoms. The highest BCUT2D eigenvalue weighted by atomic mass is 79.9. The lowest BCUT2D eigenvalue weighted by Gasteiger charge is -2.14. The summed E-state index contributed by atoms with van der Waals surface area (Å²) in [6, 6.07) is 11.7. The van der Waals surface area contributed by atoms with E-state index in [1.165, 1.54) is 7.11 Å². The Morgan fingerprint density at radius 3 is 2.54 bits per heavy atom. The van der Waals surface area contributed by atoms with E-state index in [-0.39, 0.29) is 5.11 Å². The number of ether oxygens (including phenoxy) is 3. The second-order valence-electron chi connectivity index (χ2n) is 5.43. The highest BCUT2D eigenvalue weighted by Gasteiger charge is 2.17. The Balaban J connectivity index is 2.12. The zero-order valence-corrected chi connectivity index (χ0v) is 17.7.